The highest BCUT2D eigenvalue weighted by molar-refractivity contribution is 9.10. The van der Waals surface area contributed by atoms with E-state index in [-0.39, 0.29) is 10.8 Å². The predicted octanol–water partition coefficient (Wildman–Crippen LogP) is 5.61. The van der Waals surface area contributed by atoms with Crippen molar-refractivity contribution in [3.05, 3.63) is 88.4 Å². The molecule has 9 heteroatoms. The topological polar surface area (TPSA) is 98.0 Å². The Kier molecular flexibility index (Phi) is 5.95. The van der Waals surface area contributed by atoms with Crippen molar-refractivity contribution in [2.24, 2.45) is 0 Å². The van der Waals surface area contributed by atoms with E-state index in [4.69, 9.17) is 17.3 Å². The van der Waals surface area contributed by atoms with Crippen LogP contribution < -0.4 is 10.5 Å². The third kappa shape index (κ3) is 4.87. The molecule has 31 heavy (non-hydrogen) atoms. The summed E-state index contributed by atoms with van der Waals surface area (Å²) < 4.78 is 28.5. The molecule has 0 aliphatic heterocycles. The van der Waals surface area contributed by atoms with Gasteiger partial charge in [0.2, 0.25) is 5.95 Å². The number of halogens is 2. The number of hydrogen-bond donors (Lipinski definition) is 2. The molecule has 3 N–H and O–H groups in total. The SMILES string of the molecule is Nc1nc(-c2ccc(NS(=O)(=O)c3ccc(Br)cc3)cc2)cc(-c2ccccc2Cl)n1. The highest BCUT2D eigenvalue weighted by atomic mass is 79.9. The van der Waals surface area contributed by atoms with Crippen LogP contribution in [0.4, 0.5) is 11.6 Å². The highest BCUT2D eigenvalue weighted by Gasteiger charge is 2.14. The number of nitrogen functional groups attached to an aromatic ring is 1. The van der Waals surface area contributed by atoms with Gasteiger partial charge < -0.3 is 5.73 Å². The zero-order chi connectivity index (χ0) is 22.0. The molecular formula is C22H16BrClN4O2S. The van der Waals surface area contributed by atoms with Gasteiger partial charge in [-0.15, -0.1) is 0 Å². The van der Waals surface area contributed by atoms with E-state index >= 15 is 0 Å². The van der Waals surface area contributed by atoms with Gasteiger partial charge in [-0.25, -0.2) is 18.4 Å². The Hall–Kier alpha value is -2.94. The van der Waals surface area contributed by atoms with Crippen molar-refractivity contribution in [3.63, 3.8) is 0 Å². The van der Waals surface area contributed by atoms with E-state index in [9.17, 15) is 8.42 Å². The van der Waals surface area contributed by atoms with Crippen molar-refractivity contribution in [3.8, 4) is 22.5 Å². The molecule has 1 heterocycles. The maximum Gasteiger partial charge on any atom is 0.261 e. The van der Waals surface area contributed by atoms with Gasteiger partial charge in [0.15, 0.2) is 0 Å². The molecular weight excluding hydrogens is 500 g/mol. The summed E-state index contributed by atoms with van der Waals surface area (Å²) in [5.74, 6) is 0.118. The molecule has 1 aromatic heterocycles. The van der Waals surface area contributed by atoms with Gasteiger partial charge >= 0.3 is 0 Å². The fraction of sp³-hybridized carbons (Fsp3) is 0. The standard InChI is InChI=1S/C22H16BrClN4O2S/c23-15-7-11-17(12-8-15)31(29,30)28-16-9-5-14(6-10-16)20-13-21(27-22(25)26-20)18-3-1-2-4-19(18)24/h1-13,28H,(H2,25,26,27). The summed E-state index contributed by atoms with van der Waals surface area (Å²) in [5.41, 5.74) is 9.06. The monoisotopic (exact) mass is 514 g/mol. The molecule has 6 nitrogen and oxygen atoms in total. The number of nitrogens with two attached hydrogens (primary N) is 1. The van der Waals surface area contributed by atoms with E-state index in [1.807, 2.05) is 18.2 Å². The van der Waals surface area contributed by atoms with Gasteiger partial charge in [0.1, 0.15) is 0 Å². The molecule has 0 amide bonds. The third-order valence-corrected chi connectivity index (χ3v) is 6.71. The molecule has 0 atom stereocenters. The molecule has 0 bridgehead atoms. The first-order valence-electron chi connectivity index (χ1n) is 9.10. The summed E-state index contributed by atoms with van der Waals surface area (Å²) in [6, 6.07) is 22.4. The Labute approximate surface area is 193 Å². The average Bonchev–Trinajstić information content (AvgIpc) is 2.74. The van der Waals surface area contributed by atoms with E-state index in [1.165, 1.54) is 12.1 Å². The molecule has 0 fully saturated rings. The molecule has 0 saturated heterocycles. The maximum absolute atomic E-state index is 12.6. The number of hydrogen-bond acceptors (Lipinski definition) is 5. The van der Waals surface area contributed by atoms with Gasteiger partial charge in [-0.05, 0) is 48.5 Å². The summed E-state index contributed by atoms with van der Waals surface area (Å²) in [6.07, 6.45) is 0. The zero-order valence-electron chi connectivity index (χ0n) is 16.0. The first-order chi connectivity index (χ1) is 14.8. The van der Waals surface area contributed by atoms with Gasteiger partial charge in [0.05, 0.1) is 16.3 Å². The molecule has 0 aliphatic carbocycles. The van der Waals surface area contributed by atoms with Crippen molar-refractivity contribution in [1.29, 1.82) is 0 Å². The average molecular weight is 516 g/mol. The van der Waals surface area contributed by atoms with Crippen molar-refractivity contribution < 1.29 is 8.42 Å². The summed E-state index contributed by atoms with van der Waals surface area (Å²) in [4.78, 5) is 8.76. The second-order valence-corrected chi connectivity index (χ2v) is 9.62. The fourth-order valence-corrected chi connectivity index (χ4v) is 4.51. The number of anilines is 2. The quantitative estimate of drug-likeness (QED) is 0.360. The van der Waals surface area contributed by atoms with Crippen LogP contribution in [0, 0.1) is 0 Å². The Morgan fingerprint density at radius 2 is 1.52 bits per heavy atom. The Bertz CT molecular complexity index is 1350. The third-order valence-electron chi connectivity index (χ3n) is 4.45. The van der Waals surface area contributed by atoms with Crippen LogP contribution >= 0.6 is 27.5 Å². The molecule has 0 saturated carbocycles. The lowest BCUT2D eigenvalue weighted by molar-refractivity contribution is 0.601. The molecule has 0 aliphatic rings. The van der Waals surface area contributed by atoms with Gasteiger partial charge in [-0.2, -0.15) is 0 Å². The number of nitrogens with zero attached hydrogens (tertiary/aromatic N) is 2. The molecule has 0 radical (unpaired) electrons. The minimum absolute atomic E-state index is 0.118. The van der Waals surface area contributed by atoms with Crippen LogP contribution in [0.25, 0.3) is 22.5 Å². The van der Waals surface area contributed by atoms with Crippen molar-refractivity contribution in [2.45, 2.75) is 4.90 Å². The smallest absolute Gasteiger partial charge is 0.261 e. The van der Waals surface area contributed by atoms with Gasteiger partial charge in [0.25, 0.3) is 10.0 Å². The first-order valence-corrected chi connectivity index (χ1v) is 11.8. The summed E-state index contributed by atoms with van der Waals surface area (Å²) in [6.45, 7) is 0. The number of nitrogens with one attached hydrogen (secondary N) is 1. The minimum Gasteiger partial charge on any atom is -0.368 e. The molecule has 156 valence electrons. The lowest BCUT2D eigenvalue weighted by Crippen LogP contribution is -2.12. The largest absolute Gasteiger partial charge is 0.368 e. The molecule has 0 spiro atoms. The summed E-state index contributed by atoms with van der Waals surface area (Å²) >= 11 is 9.58. The van der Waals surface area contributed by atoms with Gasteiger partial charge in [-0.1, -0.05) is 57.9 Å². The van der Waals surface area contributed by atoms with Crippen LogP contribution in [0.15, 0.2) is 88.2 Å². The van der Waals surface area contributed by atoms with Crippen molar-refractivity contribution in [2.75, 3.05) is 10.5 Å². The lowest BCUT2D eigenvalue weighted by Gasteiger charge is -2.10. The number of rotatable bonds is 5. The van der Waals surface area contributed by atoms with E-state index in [0.717, 1.165) is 15.6 Å². The number of aromatic nitrogens is 2. The predicted molar refractivity (Wildman–Crippen MR) is 127 cm³/mol. The first kappa shape index (κ1) is 21.3. The Morgan fingerprint density at radius 1 is 0.871 bits per heavy atom. The van der Waals surface area contributed by atoms with Crippen LogP contribution in [0.5, 0.6) is 0 Å². The number of sulfonamides is 1. The van der Waals surface area contributed by atoms with E-state index in [2.05, 4.69) is 30.6 Å². The lowest BCUT2D eigenvalue weighted by atomic mass is 10.1. The summed E-state index contributed by atoms with van der Waals surface area (Å²) in [7, 11) is -3.69. The fourth-order valence-electron chi connectivity index (χ4n) is 2.96. The second-order valence-electron chi connectivity index (χ2n) is 6.61. The van der Waals surface area contributed by atoms with Gasteiger partial charge in [0, 0.05) is 26.3 Å². The van der Waals surface area contributed by atoms with Crippen LogP contribution in [-0.4, -0.2) is 18.4 Å². The van der Waals surface area contributed by atoms with Crippen molar-refractivity contribution in [1.82, 2.24) is 9.97 Å². The maximum atomic E-state index is 12.6. The van der Waals surface area contributed by atoms with E-state index in [1.54, 1.807) is 48.5 Å². The van der Waals surface area contributed by atoms with Crippen LogP contribution in [-0.2, 0) is 10.0 Å². The minimum atomic E-state index is -3.69. The van der Waals surface area contributed by atoms with Crippen molar-refractivity contribution >= 4 is 49.2 Å². The highest BCUT2D eigenvalue weighted by Crippen LogP contribution is 2.30. The Balaban J connectivity index is 1.61. The normalized spacial score (nSPS) is 11.3. The van der Waals surface area contributed by atoms with E-state index < -0.39 is 10.0 Å². The number of benzene rings is 3. The molecule has 4 aromatic rings. The molecule has 0 unspecified atom stereocenters. The van der Waals surface area contributed by atoms with E-state index in [0.29, 0.717) is 22.1 Å². The zero-order valence-corrected chi connectivity index (χ0v) is 19.1. The van der Waals surface area contributed by atoms with Gasteiger partial charge in [-0.3, -0.25) is 4.72 Å². The molecule has 4 rings (SSSR count). The second kappa shape index (κ2) is 8.66. The van der Waals surface area contributed by atoms with Crippen LogP contribution in [0.2, 0.25) is 5.02 Å². The van der Waals surface area contributed by atoms with Crippen LogP contribution in [0.3, 0.4) is 0 Å². The molecule has 3 aromatic carbocycles. The summed E-state index contributed by atoms with van der Waals surface area (Å²) in [5, 5.41) is 0.559. The van der Waals surface area contributed by atoms with Crippen LogP contribution in [0.1, 0.15) is 0 Å². The Morgan fingerprint density at radius 3 is 2.19 bits per heavy atom.